The third kappa shape index (κ3) is 3.13. The molecule has 0 unspecified atom stereocenters. The first kappa shape index (κ1) is 15.3. The van der Waals surface area contributed by atoms with E-state index in [2.05, 4.69) is 0 Å². The van der Waals surface area contributed by atoms with Gasteiger partial charge in [0.15, 0.2) is 0 Å². The van der Waals surface area contributed by atoms with Crippen molar-refractivity contribution in [3.05, 3.63) is 34.3 Å². The maximum Gasteiger partial charge on any atom is 0.255 e. The number of aryl methyl sites for hydroxylation is 1. The van der Waals surface area contributed by atoms with Crippen molar-refractivity contribution in [1.29, 1.82) is 0 Å². The average Bonchev–Trinajstić information content (AvgIpc) is 2.23. The predicted octanol–water partition coefficient (Wildman–Crippen LogP) is 3.55. The van der Waals surface area contributed by atoms with Crippen LogP contribution in [0.3, 0.4) is 0 Å². The predicted molar refractivity (Wildman–Crippen MR) is 70.7 cm³/mol. The summed E-state index contributed by atoms with van der Waals surface area (Å²) in [5, 5.41) is 0.564. The number of benzene rings is 1. The molecule has 0 aromatic heterocycles. The molecule has 0 aliphatic rings. The molecule has 0 bridgehead atoms. The molecular weight excluding hydrogens is 245 g/mol. The van der Waals surface area contributed by atoms with Crippen LogP contribution in [0, 0.1) is 6.92 Å². The average molecular weight is 262 g/mol. The van der Waals surface area contributed by atoms with Gasteiger partial charge in [0.25, 0.3) is 5.91 Å². The van der Waals surface area contributed by atoms with Gasteiger partial charge in [0.1, 0.15) is 0 Å². The smallest absolute Gasteiger partial charge is 0.255 e. The van der Waals surface area contributed by atoms with Crippen LogP contribution in [-0.4, -0.2) is 23.9 Å². The fraction of sp³-hybridized carbons (Fsp3) is 0.417. The van der Waals surface area contributed by atoms with E-state index in [1.807, 2.05) is 32.9 Å². The lowest BCUT2D eigenvalue weighted by Crippen LogP contribution is -2.30. The quantitative estimate of drug-likeness (QED) is 0.815. The van der Waals surface area contributed by atoms with Crippen LogP contribution in [0.1, 0.15) is 29.8 Å². The summed E-state index contributed by atoms with van der Waals surface area (Å²) in [5.41, 5.74) is 1.54. The van der Waals surface area contributed by atoms with E-state index >= 15 is 0 Å². The Bertz CT molecular complexity index is 362. The standard InChI is InChI=1S/C12H16ClNO.ClH/c1-4-14(5-2)12(15)10-8-6-7-9(3)11(10)13;/h6-8H,4-5H2,1-3H3;1H. The van der Waals surface area contributed by atoms with Crippen molar-refractivity contribution < 1.29 is 4.79 Å². The molecule has 0 saturated heterocycles. The van der Waals surface area contributed by atoms with Crippen LogP contribution >= 0.6 is 24.0 Å². The Hall–Kier alpha value is -0.730. The minimum atomic E-state index is 0. The van der Waals surface area contributed by atoms with Crippen molar-refractivity contribution in [2.75, 3.05) is 13.1 Å². The molecule has 2 nitrogen and oxygen atoms in total. The molecule has 0 saturated carbocycles. The number of nitrogens with zero attached hydrogens (tertiary/aromatic N) is 1. The molecule has 0 aliphatic carbocycles. The van der Waals surface area contributed by atoms with Gasteiger partial charge in [-0.05, 0) is 32.4 Å². The largest absolute Gasteiger partial charge is 0.339 e. The van der Waals surface area contributed by atoms with Crippen molar-refractivity contribution in [2.45, 2.75) is 20.8 Å². The fourth-order valence-electron chi connectivity index (χ4n) is 1.49. The number of hydrogen-bond acceptors (Lipinski definition) is 1. The maximum absolute atomic E-state index is 12.0. The molecule has 1 aromatic carbocycles. The Balaban J connectivity index is 0.00000225. The number of carbonyl (C=O) groups excluding carboxylic acids is 1. The van der Waals surface area contributed by atoms with Gasteiger partial charge in [0, 0.05) is 13.1 Å². The van der Waals surface area contributed by atoms with E-state index in [0.717, 1.165) is 5.56 Å². The second kappa shape index (κ2) is 6.77. The third-order valence-corrected chi connectivity index (χ3v) is 2.97. The molecule has 1 rings (SSSR count). The van der Waals surface area contributed by atoms with Crippen LogP contribution in [-0.2, 0) is 0 Å². The molecule has 0 atom stereocenters. The molecule has 0 heterocycles. The van der Waals surface area contributed by atoms with Gasteiger partial charge in [-0.25, -0.2) is 0 Å². The molecule has 1 amide bonds. The summed E-state index contributed by atoms with van der Waals surface area (Å²) in [4.78, 5) is 13.8. The van der Waals surface area contributed by atoms with Crippen molar-refractivity contribution in [3.63, 3.8) is 0 Å². The summed E-state index contributed by atoms with van der Waals surface area (Å²) in [6.45, 7) is 7.25. The van der Waals surface area contributed by atoms with E-state index < -0.39 is 0 Å². The number of rotatable bonds is 3. The van der Waals surface area contributed by atoms with Crippen LogP contribution in [0.2, 0.25) is 5.02 Å². The van der Waals surface area contributed by atoms with Crippen molar-refractivity contribution in [1.82, 2.24) is 4.90 Å². The van der Waals surface area contributed by atoms with Gasteiger partial charge < -0.3 is 4.90 Å². The molecule has 0 spiro atoms. The zero-order valence-electron chi connectivity index (χ0n) is 9.79. The van der Waals surface area contributed by atoms with Crippen LogP contribution in [0.5, 0.6) is 0 Å². The highest BCUT2D eigenvalue weighted by Gasteiger charge is 2.16. The SMILES string of the molecule is CCN(CC)C(=O)c1cccc(C)c1Cl.Cl. The summed E-state index contributed by atoms with van der Waals surface area (Å²) in [7, 11) is 0. The van der Waals surface area contributed by atoms with Crippen molar-refractivity contribution in [2.24, 2.45) is 0 Å². The van der Waals surface area contributed by atoms with Gasteiger partial charge in [-0.2, -0.15) is 0 Å². The topological polar surface area (TPSA) is 20.3 Å². The van der Waals surface area contributed by atoms with Crippen LogP contribution in [0.15, 0.2) is 18.2 Å². The minimum Gasteiger partial charge on any atom is -0.339 e. The molecular formula is C12H17Cl2NO. The summed E-state index contributed by atoms with van der Waals surface area (Å²) in [5.74, 6) is 0.00806. The Kier molecular flexibility index (Phi) is 6.46. The normalized spacial score (nSPS) is 9.50. The van der Waals surface area contributed by atoms with E-state index in [9.17, 15) is 4.79 Å². The lowest BCUT2D eigenvalue weighted by atomic mass is 10.1. The Morgan fingerprint density at radius 1 is 1.31 bits per heavy atom. The van der Waals surface area contributed by atoms with Gasteiger partial charge in [0.2, 0.25) is 0 Å². The first-order valence-electron chi connectivity index (χ1n) is 5.16. The summed E-state index contributed by atoms with van der Waals surface area (Å²) < 4.78 is 0. The summed E-state index contributed by atoms with van der Waals surface area (Å²) >= 11 is 6.10. The molecule has 0 aliphatic heterocycles. The monoisotopic (exact) mass is 261 g/mol. The second-order valence-electron chi connectivity index (χ2n) is 3.41. The van der Waals surface area contributed by atoms with Gasteiger partial charge in [-0.3, -0.25) is 4.79 Å². The summed E-state index contributed by atoms with van der Waals surface area (Å²) in [6, 6.07) is 5.54. The molecule has 0 radical (unpaired) electrons. The molecule has 90 valence electrons. The first-order chi connectivity index (χ1) is 7.11. The van der Waals surface area contributed by atoms with Crippen molar-refractivity contribution in [3.8, 4) is 0 Å². The first-order valence-corrected chi connectivity index (χ1v) is 5.54. The van der Waals surface area contributed by atoms with E-state index in [0.29, 0.717) is 23.7 Å². The minimum absolute atomic E-state index is 0. The molecule has 0 fully saturated rings. The highest BCUT2D eigenvalue weighted by Crippen LogP contribution is 2.21. The van der Waals surface area contributed by atoms with Gasteiger partial charge in [-0.1, -0.05) is 23.7 Å². The molecule has 4 heteroatoms. The molecule has 16 heavy (non-hydrogen) atoms. The van der Waals surface area contributed by atoms with Gasteiger partial charge >= 0.3 is 0 Å². The molecule has 1 aromatic rings. The maximum atomic E-state index is 12.0. The Labute approximate surface area is 108 Å². The Morgan fingerprint density at radius 2 is 1.88 bits per heavy atom. The highest BCUT2D eigenvalue weighted by atomic mass is 35.5. The van der Waals surface area contributed by atoms with Crippen LogP contribution in [0.4, 0.5) is 0 Å². The lowest BCUT2D eigenvalue weighted by molar-refractivity contribution is 0.0773. The molecule has 0 N–H and O–H groups in total. The zero-order valence-corrected chi connectivity index (χ0v) is 11.4. The van der Waals surface area contributed by atoms with E-state index in [1.54, 1.807) is 11.0 Å². The summed E-state index contributed by atoms with van der Waals surface area (Å²) in [6.07, 6.45) is 0. The number of amides is 1. The number of carbonyl (C=O) groups is 1. The van der Waals surface area contributed by atoms with E-state index in [4.69, 9.17) is 11.6 Å². The second-order valence-corrected chi connectivity index (χ2v) is 3.79. The number of halogens is 2. The van der Waals surface area contributed by atoms with Crippen molar-refractivity contribution >= 4 is 29.9 Å². The van der Waals surface area contributed by atoms with Gasteiger partial charge in [-0.15, -0.1) is 12.4 Å². The lowest BCUT2D eigenvalue weighted by Gasteiger charge is -2.19. The van der Waals surface area contributed by atoms with Gasteiger partial charge in [0.05, 0.1) is 10.6 Å². The van der Waals surface area contributed by atoms with E-state index in [-0.39, 0.29) is 18.3 Å². The zero-order chi connectivity index (χ0) is 11.4. The van der Waals surface area contributed by atoms with Crippen LogP contribution in [0.25, 0.3) is 0 Å². The van der Waals surface area contributed by atoms with E-state index in [1.165, 1.54) is 0 Å². The number of hydrogen-bond donors (Lipinski definition) is 0. The highest BCUT2D eigenvalue weighted by molar-refractivity contribution is 6.34. The fourth-order valence-corrected chi connectivity index (χ4v) is 1.70. The Morgan fingerprint density at radius 3 is 2.38 bits per heavy atom. The van der Waals surface area contributed by atoms with Crippen LogP contribution < -0.4 is 0 Å². The third-order valence-electron chi connectivity index (χ3n) is 2.47.